The van der Waals surface area contributed by atoms with Crippen molar-refractivity contribution in [3.05, 3.63) is 29.8 Å². The van der Waals surface area contributed by atoms with Crippen molar-refractivity contribution in [3.8, 4) is 0 Å². The van der Waals surface area contributed by atoms with E-state index in [1.54, 1.807) is 18.2 Å². The van der Waals surface area contributed by atoms with E-state index in [9.17, 15) is 13.2 Å². The lowest BCUT2D eigenvalue weighted by atomic mass is 10.0. The van der Waals surface area contributed by atoms with Crippen LogP contribution in [-0.2, 0) is 14.8 Å². The Morgan fingerprint density at radius 2 is 2.00 bits per heavy atom. The lowest BCUT2D eigenvalue weighted by molar-refractivity contribution is -0.119. The van der Waals surface area contributed by atoms with Crippen molar-refractivity contribution in [1.29, 1.82) is 0 Å². The quantitative estimate of drug-likeness (QED) is 0.816. The second kappa shape index (κ2) is 3.50. The molecule has 1 aliphatic heterocycles. The minimum absolute atomic E-state index is 0.107. The summed E-state index contributed by atoms with van der Waals surface area (Å²) in [7, 11) is -3.57. The first-order chi connectivity index (χ1) is 8.08. The average molecular weight is 249 g/mol. The Labute approximate surface area is 99.4 Å². The van der Waals surface area contributed by atoms with Crippen molar-refractivity contribution < 1.29 is 13.2 Å². The van der Waals surface area contributed by atoms with Crippen molar-refractivity contribution in [2.24, 2.45) is 10.3 Å². The molecule has 1 fully saturated rings. The maximum atomic E-state index is 11.7. The number of hydrogen-bond acceptors (Lipinski definition) is 3. The Balaban J connectivity index is 1.98. The normalized spacial score (nSPS) is 20.8. The van der Waals surface area contributed by atoms with Crippen molar-refractivity contribution in [3.63, 3.8) is 0 Å². The molecule has 0 unspecified atom stereocenters. The van der Waals surface area contributed by atoms with Gasteiger partial charge in [0, 0.05) is 11.5 Å². The molecule has 1 aromatic rings. The van der Waals surface area contributed by atoms with Gasteiger partial charge in [0.05, 0.1) is 17.0 Å². The summed E-state index contributed by atoms with van der Waals surface area (Å²) in [6.07, 6.45) is 2.00. The molecular formula is C12H11NO3S. The van der Waals surface area contributed by atoms with E-state index in [4.69, 9.17) is 0 Å². The summed E-state index contributed by atoms with van der Waals surface area (Å²) in [6.45, 7) is 0. The Hall–Kier alpha value is -1.49. The summed E-state index contributed by atoms with van der Waals surface area (Å²) >= 11 is 0. The van der Waals surface area contributed by atoms with Gasteiger partial charge in [-0.1, -0.05) is 18.2 Å². The molecule has 1 saturated carbocycles. The summed E-state index contributed by atoms with van der Waals surface area (Å²) in [5, 5.41) is 0. The number of nitrogens with zero attached hydrogens (tertiary/aromatic N) is 1. The summed E-state index contributed by atoms with van der Waals surface area (Å²) in [4.78, 5) is 11.9. The van der Waals surface area contributed by atoms with E-state index < -0.39 is 10.0 Å². The first kappa shape index (κ1) is 10.7. The topological polar surface area (TPSA) is 63.6 Å². The maximum Gasteiger partial charge on any atom is 0.283 e. The Morgan fingerprint density at radius 3 is 2.71 bits per heavy atom. The molecule has 0 N–H and O–H groups in total. The van der Waals surface area contributed by atoms with E-state index in [1.807, 2.05) is 0 Å². The molecule has 4 nitrogen and oxygen atoms in total. The molecule has 17 heavy (non-hydrogen) atoms. The Kier molecular flexibility index (Phi) is 2.19. The predicted molar refractivity (Wildman–Crippen MR) is 62.5 cm³/mol. The first-order valence-electron chi connectivity index (χ1n) is 5.54. The van der Waals surface area contributed by atoms with Crippen LogP contribution in [0, 0.1) is 5.92 Å². The van der Waals surface area contributed by atoms with Crippen LogP contribution in [-0.4, -0.2) is 19.9 Å². The van der Waals surface area contributed by atoms with Gasteiger partial charge in [-0.25, -0.2) is 0 Å². The molecule has 0 aromatic heterocycles. The number of hydrogen-bond donors (Lipinski definition) is 0. The number of fused-ring (bicyclic) bond motifs is 1. The largest absolute Gasteiger partial charge is 0.299 e. The van der Waals surface area contributed by atoms with Crippen LogP contribution in [0.2, 0.25) is 0 Å². The van der Waals surface area contributed by atoms with Crippen molar-refractivity contribution in [2.75, 3.05) is 0 Å². The SMILES string of the molecule is O=C(CC1=NS(=O)(=O)c2ccccc21)C1CC1. The van der Waals surface area contributed by atoms with Gasteiger partial charge in [-0.05, 0) is 18.9 Å². The molecule has 0 bridgehead atoms. The second-order valence-electron chi connectivity index (χ2n) is 4.43. The highest BCUT2D eigenvalue weighted by Gasteiger charge is 2.34. The van der Waals surface area contributed by atoms with Gasteiger partial charge in [0.2, 0.25) is 0 Å². The fourth-order valence-electron chi connectivity index (χ4n) is 2.02. The van der Waals surface area contributed by atoms with Gasteiger partial charge >= 0.3 is 0 Å². The second-order valence-corrected chi connectivity index (χ2v) is 6.00. The van der Waals surface area contributed by atoms with Crippen molar-refractivity contribution in [2.45, 2.75) is 24.2 Å². The Morgan fingerprint density at radius 1 is 1.29 bits per heavy atom. The maximum absolute atomic E-state index is 11.7. The third-order valence-electron chi connectivity index (χ3n) is 3.08. The number of benzene rings is 1. The zero-order valence-corrected chi connectivity index (χ0v) is 9.90. The van der Waals surface area contributed by atoms with Crippen LogP contribution in [0.25, 0.3) is 0 Å². The van der Waals surface area contributed by atoms with E-state index in [1.165, 1.54) is 6.07 Å². The molecule has 0 spiro atoms. The molecule has 0 radical (unpaired) electrons. The molecule has 2 aliphatic rings. The smallest absolute Gasteiger partial charge is 0.283 e. The van der Waals surface area contributed by atoms with Crippen LogP contribution in [0.15, 0.2) is 33.6 Å². The molecule has 88 valence electrons. The third-order valence-corrected chi connectivity index (χ3v) is 4.45. The monoisotopic (exact) mass is 249 g/mol. The molecule has 1 aliphatic carbocycles. The van der Waals surface area contributed by atoms with Crippen molar-refractivity contribution in [1.82, 2.24) is 0 Å². The van der Waals surface area contributed by atoms with Crippen LogP contribution < -0.4 is 0 Å². The molecule has 3 rings (SSSR count). The van der Waals surface area contributed by atoms with Crippen LogP contribution in [0.5, 0.6) is 0 Å². The highest BCUT2D eigenvalue weighted by molar-refractivity contribution is 7.90. The van der Waals surface area contributed by atoms with Gasteiger partial charge < -0.3 is 0 Å². The molecule has 5 heteroatoms. The van der Waals surface area contributed by atoms with Gasteiger partial charge in [-0.15, -0.1) is 0 Å². The molecular weight excluding hydrogens is 238 g/mol. The lowest BCUT2D eigenvalue weighted by Crippen LogP contribution is -2.09. The van der Waals surface area contributed by atoms with Gasteiger partial charge in [-0.2, -0.15) is 12.8 Å². The number of rotatable bonds is 3. The summed E-state index contributed by atoms with van der Waals surface area (Å²) in [6, 6.07) is 6.66. The van der Waals surface area contributed by atoms with E-state index in [-0.39, 0.29) is 23.0 Å². The fourth-order valence-corrected chi connectivity index (χ4v) is 3.28. The first-order valence-corrected chi connectivity index (χ1v) is 6.98. The molecule has 0 saturated heterocycles. The van der Waals surface area contributed by atoms with Gasteiger partial charge in [0.25, 0.3) is 10.0 Å². The van der Waals surface area contributed by atoms with Crippen molar-refractivity contribution >= 4 is 21.5 Å². The van der Waals surface area contributed by atoms with E-state index in [2.05, 4.69) is 4.40 Å². The highest BCUT2D eigenvalue weighted by atomic mass is 32.2. The molecule has 0 amide bonds. The van der Waals surface area contributed by atoms with Gasteiger partial charge in [0.15, 0.2) is 0 Å². The standard InChI is InChI=1S/C12H11NO3S/c14-11(8-5-6-8)7-10-9-3-1-2-4-12(9)17(15,16)13-10/h1-4,8H,5-7H2. The van der Waals surface area contributed by atoms with Gasteiger partial charge in [-0.3, -0.25) is 4.79 Å². The summed E-state index contributed by atoms with van der Waals surface area (Å²) < 4.78 is 27.2. The van der Waals surface area contributed by atoms with E-state index in [0.29, 0.717) is 11.3 Å². The van der Waals surface area contributed by atoms with Crippen LogP contribution in [0.3, 0.4) is 0 Å². The number of sulfonamides is 1. The van der Waals surface area contributed by atoms with Crippen LogP contribution in [0.4, 0.5) is 0 Å². The number of ketones is 1. The van der Waals surface area contributed by atoms with Crippen LogP contribution in [0.1, 0.15) is 24.8 Å². The number of Topliss-reactive ketones (excluding diaryl/α,β-unsaturated/α-hetero) is 1. The minimum atomic E-state index is -3.57. The average Bonchev–Trinajstić information content (AvgIpc) is 3.08. The molecule has 1 aromatic carbocycles. The third kappa shape index (κ3) is 1.80. The minimum Gasteiger partial charge on any atom is -0.299 e. The Bertz CT molecular complexity index is 627. The number of carbonyl (C=O) groups excluding carboxylic acids is 1. The number of carbonyl (C=O) groups is 1. The van der Waals surface area contributed by atoms with E-state index >= 15 is 0 Å². The molecule has 0 atom stereocenters. The predicted octanol–water partition coefficient (Wildman–Crippen LogP) is 1.55. The van der Waals surface area contributed by atoms with Gasteiger partial charge in [0.1, 0.15) is 5.78 Å². The van der Waals surface area contributed by atoms with Crippen LogP contribution >= 0.6 is 0 Å². The fraction of sp³-hybridized carbons (Fsp3) is 0.333. The summed E-state index contributed by atoms with van der Waals surface area (Å²) in [5.41, 5.74) is 0.985. The highest BCUT2D eigenvalue weighted by Crippen LogP contribution is 2.33. The van der Waals surface area contributed by atoms with E-state index in [0.717, 1.165) is 12.8 Å². The lowest BCUT2D eigenvalue weighted by Gasteiger charge is -2.00. The molecule has 1 heterocycles. The zero-order chi connectivity index (χ0) is 12.0. The summed E-state index contributed by atoms with van der Waals surface area (Å²) in [5.74, 6) is 0.240. The zero-order valence-electron chi connectivity index (χ0n) is 9.09.